The minimum atomic E-state index is -0.284. The van der Waals surface area contributed by atoms with Gasteiger partial charge >= 0.3 is 0 Å². The first-order valence-corrected chi connectivity index (χ1v) is 6.90. The van der Waals surface area contributed by atoms with Gasteiger partial charge in [0.2, 0.25) is 5.91 Å². The first kappa shape index (κ1) is 12.6. The molecule has 0 bridgehead atoms. The maximum Gasteiger partial charge on any atom is 0.227 e. The number of carbonyl (C=O) groups excluding carboxylic acids is 1. The standard InChI is InChI=1S/C15H19FN2O/c16-13-4-2-1-3-12(13)9-14(19)18-10-15(11-18)5-7-17-8-6-15/h1-4,17H,5-11H2. The van der Waals surface area contributed by atoms with Crippen molar-refractivity contribution < 1.29 is 9.18 Å². The molecule has 0 radical (unpaired) electrons. The van der Waals surface area contributed by atoms with Gasteiger partial charge in [0.05, 0.1) is 6.42 Å². The topological polar surface area (TPSA) is 32.3 Å². The number of nitrogens with zero attached hydrogens (tertiary/aromatic N) is 1. The van der Waals surface area contributed by atoms with Gasteiger partial charge in [0.1, 0.15) is 5.82 Å². The molecule has 0 atom stereocenters. The van der Waals surface area contributed by atoms with Crippen molar-refractivity contribution in [2.75, 3.05) is 26.2 Å². The Morgan fingerprint density at radius 2 is 1.95 bits per heavy atom. The van der Waals surface area contributed by atoms with E-state index in [9.17, 15) is 9.18 Å². The molecule has 3 nitrogen and oxygen atoms in total. The van der Waals surface area contributed by atoms with Crippen LogP contribution in [0, 0.1) is 11.2 Å². The third-order valence-electron chi connectivity index (χ3n) is 4.37. The smallest absolute Gasteiger partial charge is 0.227 e. The van der Waals surface area contributed by atoms with Gasteiger partial charge in [0.15, 0.2) is 0 Å². The minimum Gasteiger partial charge on any atom is -0.341 e. The van der Waals surface area contributed by atoms with Gasteiger partial charge < -0.3 is 10.2 Å². The third kappa shape index (κ3) is 2.50. The number of piperidine rings is 1. The lowest BCUT2D eigenvalue weighted by Crippen LogP contribution is -2.61. The highest BCUT2D eigenvalue weighted by atomic mass is 19.1. The lowest BCUT2D eigenvalue weighted by molar-refractivity contribution is -0.144. The molecule has 2 fully saturated rings. The molecule has 0 aromatic heterocycles. The molecule has 2 aliphatic rings. The molecule has 2 heterocycles. The van der Waals surface area contributed by atoms with Gasteiger partial charge in [-0.25, -0.2) is 4.39 Å². The number of amides is 1. The molecule has 0 unspecified atom stereocenters. The number of hydrogen-bond acceptors (Lipinski definition) is 2. The van der Waals surface area contributed by atoms with E-state index in [0.717, 1.165) is 39.0 Å². The quantitative estimate of drug-likeness (QED) is 0.877. The molecule has 19 heavy (non-hydrogen) atoms. The second-order valence-electron chi connectivity index (χ2n) is 5.77. The van der Waals surface area contributed by atoms with Crippen LogP contribution in [0.4, 0.5) is 4.39 Å². The van der Waals surface area contributed by atoms with Crippen LogP contribution in [0.5, 0.6) is 0 Å². The van der Waals surface area contributed by atoms with Crippen molar-refractivity contribution in [3.05, 3.63) is 35.6 Å². The van der Waals surface area contributed by atoms with Crippen LogP contribution in [-0.4, -0.2) is 37.0 Å². The van der Waals surface area contributed by atoms with Gasteiger partial charge in [-0.05, 0) is 37.6 Å². The number of carbonyl (C=O) groups is 1. The predicted molar refractivity (Wildman–Crippen MR) is 71.2 cm³/mol. The van der Waals surface area contributed by atoms with E-state index in [2.05, 4.69) is 5.32 Å². The highest BCUT2D eigenvalue weighted by Gasteiger charge is 2.45. The summed E-state index contributed by atoms with van der Waals surface area (Å²) in [4.78, 5) is 14.0. The van der Waals surface area contributed by atoms with Crippen molar-refractivity contribution in [3.8, 4) is 0 Å². The summed E-state index contributed by atoms with van der Waals surface area (Å²) in [5.41, 5.74) is 0.842. The monoisotopic (exact) mass is 262 g/mol. The molecule has 0 saturated carbocycles. The molecule has 1 aromatic carbocycles. The van der Waals surface area contributed by atoms with E-state index < -0.39 is 0 Å². The summed E-state index contributed by atoms with van der Waals surface area (Å²) in [5, 5.41) is 3.35. The van der Waals surface area contributed by atoms with Crippen LogP contribution in [0.1, 0.15) is 18.4 Å². The molecule has 4 heteroatoms. The number of halogens is 1. The van der Waals surface area contributed by atoms with E-state index >= 15 is 0 Å². The van der Waals surface area contributed by atoms with Crippen molar-refractivity contribution in [2.24, 2.45) is 5.41 Å². The lowest BCUT2D eigenvalue weighted by Gasteiger charge is -2.52. The first-order chi connectivity index (χ1) is 9.19. The van der Waals surface area contributed by atoms with Gasteiger partial charge in [-0.3, -0.25) is 4.79 Å². The summed E-state index contributed by atoms with van der Waals surface area (Å²) >= 11 is 0. The Kier molecular flexibility index (Phi) is 3.27. The van der Waals surface area contributed by atoms with E-state index in [1.54, 1.807) is 18.2 Å². The van der Waals surface area contributed by atoms with E-state index in [1.165, 1.54) is 6.07 Å². The van der Waals surface area contributed by atoms with Crippen molar-refractivity contribution in [2.45, 2.75) is 19.3 Å². The van der Waals surface area contributed by atoms with Crippen LogP contribution in [-0.2, 0) is 11.2 Å². The maximum atomic E-state index is 13.5. The Bertz CT molecular complexity index is 475. The summed E-state index contributed by atoms with van der Waals surface area (Å²) in [6.45, 7) is 3.80. The molecule has 1 spiro atoms. The average Bonchev–Trinajstić information content (AvgIpc) is 2.39. The lowest BCUT2D eigenvalue weighted by atomic mass is 9.72. The number of hydrogen-bond donors (Lipinski definition) is 1. The van der Waals surface area contributed by atoms with Crippen molar-refractivity contribution in [1.29, 1.82) is 0 Å². The van der Waals surface area contributed by atoms with Crippen LogP contribution >= 0.6 is 0 Å². The second kappa shape index (κ2) is 4.93. The Morgan fingerprint density at radius 1 is 1.26 bits per heavy atom. The Morgan fingerprint density at radius 3 is 2.63 bits per heavy atom. The zero-order chi connectivity index (χ0) is 13.3. The van der Waals surface area contributed by atoms with Gasteiger partial charge in [-0.1, -0.05) is 18.2 Å². The summed E-state index contributed by atoms with van der Waals surface area (Å²) in [6, 6.07) is 6.52. The van der Waals surface area contributed by atoms with Gasteiger partial charge in [-0.15, -0.1) is 0 Å². The largest absolute Gasteiger partial charge is 0.341 e. The Hall–Kier alpha value is -1.42. The van der Waals surface area contributed by atoms with Crippen molar-refractivity contribution >= 4 is 5.91 Å². The highest BCUT2D eigenvalue weighted by molar-refractivity contribution is 5.79. The van der Waals surface area contributed by atoms with Crippen LogP contribution in [0.3, 0.4) is 0 Å². The summed E-state index contributed by atoms with van der Waals surface area (Å²) < 4.78 is 13.5. The molecule has 1 aromatic rings. The van der Waals surface area contributed by atoms with Gasteiger partial charge in [-0.2, -0.15) is 0 Å². The van der Waals surface area contributed by atoms with Gasteiger partial charge in [0.25, 0.3) is 0 Å². The average molecular weight is 262 g/mol. The Balaban J connectivity index is 1.57. The number of benzene rings is 1. The molecule has 2 aliphatic heterocycles. The second-order valence-corrected chi connectivity index (χ2v) is 5.77. The van der Waals surface area contributed by atoms with E-state index in [-0.39, 0.29) is 18.1 Å². The summed E-state index contributed by atoms with van der Waals surface area (Å²) in [5.74, 6) is -0.234. The van der Waals surface area contributed by atoms with E-state index in [1.807, 2.05) is 4.90 Å². The number of likely N-dealkylation sites (tertiary alicyclic amines) is 1. The maximum absolute atomic E-state index is 13.5. The zero-order valence-corrected chi connectivity index (χ0v) is 11.0. The zero-order valence-electron chi connectivity index (χ0n) is 11.0. The molecule has 1 amide bonds. The normalized spacial score (nSPS) is 21.2. The van der Waals surface area contributed by atoms with Crippen LogP contribution < -0.4 is 5.32 Å². The SMILES string of the molecule is O=C(Cc1ccccc1F)N1CC2(CCNCC2)C1. The van der Waals surface area contributed by atoms with E-state index in [0.29, 0.717) is 11.0 Å². The molecule has 1 N–H and O–H groups in total. The molecule has 102 valence electrons. The molecule has 2 saturated heterocycles. The number of nitrogens with one attached hydrogen (secondary N) is 1. The van der Waals surface area contributed by atoms with Crippen molar-refractivity contribution in [3.63, 3.8) is 0 Å². The fraction of sp³-hybridized carbons (Fsp3) is 0.533. The summed E-state index contributed by atoms with van der Waals surface area (Å²) in [6.07, 6.45) is 2.48. The first-order valence-electron chi connectivity index (χ1n) is 6.90. The number of rotatable bonds is 2. The molecular weight excluding hydrogens is 243 g/mol. The van der Waals surface area contributed by atoms with Crippen LogP contribution in [0.25, 0.3) is 0 Å². The summed E-state index contributed by atoms with van der Waals surface area (Å²) in [7, 11) is 0. The fourth-order valence-electron chi connectivity index (χ4n) is 3.13. The van der Waals surface area contributed by atoms with Crippen LogP contribution in [0.2, 0.25) is 0 Å². The Labute approximate surface area is 112 Å². The predicted octanol–water partition coefficient (Wildman–Crippen LogP) is 1.58. The third-order valence-corrected chi connectivity index (χ3v) is 4.37. The van der Waals surface area contributed by atoms with Crippen LogP contribution in [0.15, 0.2) is 24.3 Å². The van der Waals surface area contributed by atoms with Gasteiger partial charge in [0, 0.05) is 18.5 Å². The fourth-order valence-corrected chi connectivity index (χ4v) is 3.13. The highest BCUT2D eigenvalue weighted by Crippen LogP contribution is 2.38. The molecular formula is C15H19FN2O. The van der Waals surface area contributed by atoms with Crippen molar-refractivity contribution in [1.82, 2.24) is 10.2 Å². The minimum absolute atomic E-state index is 0.0502. The molecule has 3 rings (SSSR count). The molecule has 0 aliphatic carbocycles. The van der Waals surface area contributed by atoms with E-state index in [4.69, 9.17) is 0 Å².